The fraction of sp³-hybridized carbons (Fsp3) is 0.375. The molecule has 0 atom stereocenters. The lowest BCUT2D eigenvalue weighted by Gasteiger charge is -2.07. The number of ether oxygens (including phenoxy) is 1. The Bertz CT molecular complexity index is 739. The Morgan fingerprint density at radius 2 is 2.17 bits per heavy atom. The number of aryl methyl sites for hydroxylation is 1. The second kappa shape index (κ2) is 7.58. The molecule has 2 aromatic rings. The first-order valence-electron chi connectivity index (χ1n) is 7.58. The molecule has 0 spiro atoms. The molecule has 8 heteroatoms. The number of anilines is 2. The molecule has 0 fully saturated rings. The molecule has 2 rings (SSSR count). The lowest BCUT2D eigenvalue weighted by molar-refractivity contribution is -0.383. The summed E-state index contributed by atoms with van der Waals surface area (Å²) in [6.45, 7) is 5.03. The average molecular weight is 332 g/mol. The number of hydrogen-bond donors (Lipinski definition) is 1. The number of benzene rings is 1. The van der Waals surface area contributed by atoms with Crippen LogP contribution in [0, 0.1) is 16.0 Å². The summed E-state index contributed by atoms with van der Waals surface area (Å²) in [5.41, 5.74) is 0.279. The van der Waals surface area contributed by atoms with Gasteiger partial charge in [0.05, 0.1) is 17.6 Å². The highest BCUT2D eigenvalue weighted by atomic mass is 16.6. The van der Waals surface area contributed by atoms with Crippen LogP contribution in [0.3, 0.4) is 0 Å². The predicted octanol–water partition coefficient (Wildman–Crippen LogP) is 3.37. The predicted molar refractivity (Wildman–Crippen MR) is 89.4 cm³/mol. The molecule has 1 heterocycles. The summed E-state index contributed by atoms with van der Waals surface area (Å²) >= 11 is 0. The summed E-state index contributed by atoms with van der Waals surface area (Å²) in [6.07, 6.45) is 2.79. The summed E-state index contributed by atoms with van der Waals surface area (Å²) in [5.74, 6) is 0.475. The Kier molecular flexibility index (Phi) is 5.51. The van der Waals surface area contributed by atoms with Crippen LogP contribution < -0.4 is 5.32 Å². The smallest absolute Gasteiger partial charge is 0.337 e. The number of hydrogen-bond acceptors (Lipinski definition) is 6. The van der Waals surface area contributed by atoms with Gasteiger partial charge in [0.25, 0.3) is 5.69 Å². The zero-order valence-electron chi connectivity index (χ0n) is 13.9. The van der Waals surface area contributed by atoms with E-state index in [0.29, 0.717) is 11.7 Å². The molecule has 0 bridgehead atoms. The van der Waals surface area contributed by atoms with E-state index < -0.39 is 10.9 Å². The minimum atomic E-state index is -0.560. The Morgan fingerprint density at radius 3 is 2.79 bits per heavy atom. The van der Waals surface area contributed by atoms with Gasteiger partial charge < -0.3 is 10.1 Å². The van der Waals surface area contributed by atoms with E-state index in [1.165, 1.54) is 25.3 Å². The maximum Gasteiger partial charge on any atom is 0.337 e. The van der Waals surface area contributed by atoms with E-state index in [9.17, 15) is 14.9 Å². The monoisotopic (exact) mass is 332 g/mol. The lowest BCUT2D eigenvalue weighted by Crippen LogP contribution is -2.05. The van der Waals surface area contributed by atoms with Gasteiger partial charge in [0.2, 0.25) is 0 Å². The van der Waals surface area contributed by atoms with E-state index in [2.05, 4.69) is 29.0 Å². The van der Waals surface area contributed by atoms with E-state index in [1.54, 1.807) is 16.9 Å². The van der Waals surface area contributed by atoms with Crippen LogP contribution >= 0.6 is 0 Å². The van der Waals surface area contributed by atoms with Crippen LogP contribution in [-0.2, 0) is 11.3 Å². The van der Waals surface area contributed by atoms with Crippen molar-refractivity contribution in [2.45, 2.75) is 26.8 Å². The van der Waals surface area contributed by atoms with Gasteiger partial charge in [0.15, 0.2) is 5.82 Å². The summed E-state index contributed by atoms with van der Waals surface area (Å²) in [6, 6.07) is 5.74. The molecule has 1 aromatic heterocycles. The number of aromatic nitrogens is 2. The zero-order chi connectivity index (χ0) is 17.7. The summed E-state index contributed by atoms with van der Waals surface area (Å²) in [4.78, 5) is 22.3. The first-order chi connectivity index (χ1) is 11.4. The second-order valence-electron chi connectivity index (χ2n) is 5.75. The molecule has 0 saturated carbocycles. The van der Waals surface area contributed by atoms with E-state index in [0.717, 1.165) is 13.0 Å². The molecule has 0 aliphatic rings. The van der Waals surface area contributed by atoms with Crippen LogP contribution in [0.25, 0.3) is 0 Å². The number of nitro groups is 1. The van der Waals surface area contributed by atoms with Crippen molar-refractivity contribution in [2.24, 2.45) is 5.92 Å². The quantitative estimate of drug-likeness (QED) is 0.474. The van der Waals surface area contributed by atoms with E-state index in [4.69, 9.17) is 0 Å². The minimum Gasteiger partial charge on any atom is -0.465 e. The molecule has 1 aromatic carbocycles. The van der Waals surface area contributed by atoms with Gasteiger partial charge in [-0.05, 0) is 24.5 Å². The van der Waals surface area contributed by atoms with Gasteiger partial charge in [0, 0.05) is 24.9 Å². The number of carbonyl (C=O) groups excluding carboxylic acids is 1. The van der Waals surface area contributed by atoms with Crippen LogP contribution in [0.15, 0.2) is 30.5 Å². The lowest BCUT2D eigenvalue weighted by atomic mass is 10.1. The third-order valence-electron chi connectivity index (χ3n) is 3.45. The van der Waals surface area contributed by atoms with Crippen molar-refractivity contribution in [1.29, 1.82) is 0 Å². The van der Waals surface area contributed by atoms with Gasteiger partial charge in [0.1, 0.15) is 5.69 Å². The molecular weight excluding hydrogens is 312 g/mol. The maximum absolute atomic E-state index is 11.6. The number of nitrogens with one attached hydrogen (secondary N) is 1. The first kappa shape index (κ1) is 17.5. The van der Waals surface area contributed by atoms with E-state index >= 15 is 0 Å². The van der Waals surface area contributed by atoms with Crippen molar-refractivity contribution in [1.82, 2.24) is 9.78 Å². The molecule has 24 heavy (non-hydrogen) atoms. The Morgan fingerprint density at radius 1 is 1.42 bits per heavy atom. The van der Waals surface area contributed by atoms with E-state index in [1.807, 2.05) is 0 Å². The average Bonchev–Trinajstić information content (AvgIpc) is 2.99. The van der Waals surface area contributed by atoms with Crippen molar-refractivity contribution in [3.63, 3.8) is 0 Å². The molecule has 8 nitrogen and oxygen atoms in total. The van der Waals surface area contributed by atoms with Crippen LogP contribution in [-0.4, -0.2) is 27.8 Å². The largest absolute Gasteiger partial charge is 0.465 e. The normalized spacial score (nSPS) is 10.7. The van der Waals surface area contributed by atoms with Crippen molar-refractivity contribution < 1.29 is 14.5 Å². The molecule has 0 radical (unpaired) electrons. The number of rotatable bonds is 7. The highest BCUT2D eigenvalue weighted by molar-refractivity contribution is 5.91. The third kappa shape index (κ3) is 4.31. The van der Waals surface area contributed by atoms with E-state index in [-0.39, 0.29) is 16.9 Å². The molecule has 0 aliphatic carbocycles. The van der Waals surface area contributed by atoms with Gasteiger partial charge >= 0.3 is 5.97 Å². The van der Waals surface area contributed by atoms with Crippen molar-refractivity contribution in [3.05, 3.63) is 46.1 Å². The zero-order valence-corrected chi connectivity index (χ0v) is 13.9. The second-order valence-corrected chi connectivity index (χ2v) is 5.75. The Labute approximate surface area is 139 Å². The topological polar surface area (TPSA) is 99.3 Å². The summed E-state index contributed by atoms with van der Waals surface area (Å²) < 4.78 is 6.42. The molecule has 0 saturated heterocycles. The van der Waals surface area contributed by atoms with Crippen molar-refractivity contribution in [2.75, 3.05) is 12.4 Å². The molecule has 128 valence electrons. The Balaban J connectivity index is 2.24. The van der Waals surface area contributed by atoms with Gasteiger partial charge in [-0.25, -0.2) is 4.79 Å². The minimum absolute atomic E-state index is 0.139. The van der Waals surface area contributed by atoms with Crippen LogP contribution in [0.1, 0.15) is 30.6 Å². The van der Waals surface area contributed by atoms with Crippen LogP contribution in [0.4, 0.5) is 17.2 Å². The van der Waals surface area contributed by atoms with Gasteiger partial charge in [-0.15, -0.1) is 0 Å². The highest BCUT2D eigenvalue weighted by Gasteiger charge is 2.18. The summed E-state index contributed by atoms with van der Waals surface area (Å²) in [5, 5.41) is 18.4. The van der Waals surface area contributed by atoms with Crippen molar-refractivity contribution in [3.8, 4) is 0 Å². The Hall–Kier alpha value is -2.90. The number of carbonyl (C=O) groups is 1. The highest BCUT2D eigenvalue weighted by Crippen LogP contribution is 2.28. The molecule has 1 N–H and O–H groups in total. The standard InChI is InChI=1S/C16H20N4O4/c1-11(2)6-8-19-9-7-15(18-19)17-13-10-12(16(21)24-3)4-5-14(13)20(22)23/h4-5,7,9-11H,6,8H2,1-3H3,(H,17,18). The molecule has 0 unspecified atom stereocenters. The van der Waals surface area contributed by atoms with Gasteiger partial charge in [-0.1, -0.05) is 13.8 Å². The van der Waals surface area contributed by atoms with Crippen molar-refractivity contribution >= 4 is 23.2 Å². The van der Waals surface area contributed by atoms with Gasteiger partial charge in [-0.2, -0.15) is 5.10 Å². The van der Waals surface area contributed by atoms with Crippen LogP contribution in [0.5, 0.6) is 0 Å². The summed E-state index contributed by atoms with van der Waals surface area (Å²) in [7, 11) is 1.26. The molecular formula is C16H20N4O4. The number of nitro benzene ring substituents is 1. The number of nitrogens with zero attached hydrogens (tertiary/aromatic N) is 3. The van der Waals surface area contributed by atoms with Crippen LogP contribution in [0.2, 0.25) is 0 Å². The van der Waals surface area contributed by atoms with Gasteiger partial charge in [-0.3, -0.25) is 14.8 Å². The fourth-order valence-electron chi connectivity index (χ4n) is 2.12. The fourth-order valence-corrected chi connectivity index (χ4v) is 2.12. The third-order valence-corrected chi connectivity index (χ3v) is 3.45. The number of methoxy groups -OCH3 is 1. The molecule has 0 aliphatic heterocycles. The maximum atomic E-state index is 11.6. The SMILES string of the molecule is COC(=O)c1ccc([N+](=O)[O-])c(Nc2ccn(CCC(C)C)n2)c1. The first-order valence-corrected chi connectivity index (χ1v) is 7.58. The number of esters is 1. The molecule has 0 amide bonds.